The number of likely N-dealkylation sites (tertiary alicyclic amines) is 1. The highest BCUT2D eigenvalue weighted by Crippen LogP contribution is 2.37. The summed E-state index contributed by atoms with van der Waals surface area (Å²) in [5, 5.41) is 12.4. The summed E-state index contributed by atoms with van der Waals surface area (Å²) in [6.45, 7) is 9.63. The van der Waals surface area contributed by atoms with Crippen molar-refractivity contribution in [1.82, 2.24) is 9.58 Å². The molecule has 0 aliphatic carbocycles. The number of piperidine rings is 1. The van der Waals surface area contributed by atoms with Crippen molar-refractivity contribution in [3.63, 3.8) is 0 Å². The van der Waals surface area contributed by atoms with Crippen LogP contribution in [0.1, 0.15) is 78.9 Å². The average Bonchev–Trinajstić information content (AvgIpc) is 3.15. The van der Waals surface area contributed by atoms with Gasteiger partial charge in [0, 0.05) is 18.7 Å². The van der Waals surface area contributed by atoms with E-state index in [0.29, 0.717) is 18.7 Å². The molecule has 37 heavy (non-hydrogen) atoms. The van der Waals surface area contributed by atoms with Crippen LogP contribution in [0.2, 0.25) is 0 Å². The maximum absolute atomic E-state index is 13.9. The van der Waals surface area contributed by atoms with E-state index in [9.17, 15) is 19.5 Å². The Kier molecular flexibility index (Phi) is 7.40. The quantitative estimate of drug-likeness (QED) is 0.624. The predicted octanol–water partition coefficient (Wildman–Crippen LogP) is 3.93. The second-order valence-corrected chi connectivity index (χ2v) is 10.1. The first-order valence-electron chi connectivity index (χ1n) is 12.6. The number of carbonyl (C=O) groups excluding carboxylic acids is 3. The lowest BCUT2D eigenvalue weighted by Gasteiger charge is -2.36. The number of benzene rings is 1. The van der Waals surface area contributed by atoms with E-state index < -0.39 is 23.9 Å². The van der Waals surface area contributed by atoms with Gasteiger partial charge in [-0.15, -0.1) is 0 Å². The molecular weight excluding hydrogens is 476 g/mol. The van der Waals surface area contributed by atoms with E-state index in [1.54, 1.807) is 63.8 Å². The number of carbonyl (C=O) groups is 3. The average molecular weight is 511 g/mol. The van der Waals surface area contributed by atoms with E-state index >= 15 is 0 Å². The first-order valence-corrected chi connectivity index (χ1v) is 12.6. The SMILES string of the molecule is CCOC(=O)c1c(C(=O)N2CCCCC2)c2n(c1C)N(C(=O)OC(C)(C)C)C(O)C(c1ccccc1)=N2. The molecule has 198 valence electrons. The van der Waals surface area contributed by atoms with Gasteiger partial charge in [0.05, 0.1) is 17.9 Å². The third kappa shape index (κ3) is 5.11. The summed E-state index contributed by atoms with van der Waals surface area (Å²) >= 11 is 0. The summed E-state index contributed by atoms with van der Waals surface area (Å²) in [6, 6.07) is 8.89. The molecule has 1 atom stereocenters. The van der Waals surface area contributed by atoms with Crippen LogP contribution in [0.5, 0.6) is 0 Å². The van der Waals surface area contributed by atoms with Crippen LogP contribution in [-0.2, 0) is 9.47 Å². The van der Waals surface area contributed by atoms with Crippen molar-refractivity contribution in [1.29, 1.82) is 0 Å². The normalized spacial score (nSPS) is 17.7. The van der Waals surface area contributed by atoms with Gasteiger partial charge >= 0.3 is 12.1 Å². The molecule has 0 spiro atoms. The molecule has 3 heterocycles. The van der Waals surface area contributed by atoms with E-state index in [-0.39, 0.29) is 40.9 Å². The molecule has 0 radical (unpaired) electrons. The Bertz CT molecular complexity index is 1220. The van der Waals surface area contributed by atoms with E-state index in [0.717, 1.165) is 24.3 Å². The lowest BCUT2D eigenvalue weighted by Crippen LogP contribution is -2.55. The molecule has 0 saturated carbocycles. The van der Waals surface area contributed by atoms with Gasteiger partial charge in [-0.25, -0.2) is 19.3 Å². The number of amides is 2. The summed E-state index contributed by atoms with van der Waals surface area (Å²) in [5.74, 6) is -0.986. The number of nitrogens with zero attached hydrogens (tertiary/aromatic N) is 4. The third-order valence-corrected chi connectivity index (χ3v) is 6.26. The summed E-state index contributed by atoms with van der Waals surface area (Å²) in [7, 11) is 0. The number of aliphatic imine (C=N–C) groups is 1. The second-order valence-electron chi connectivity index (χ2n) is 10.1. The number of aliphatic hydroxyl groups excluding tert-OH is 1. The third-order valence-electron chi connectivity index (χ3n) is 6.26. The van der Waals surface area contributed by atoms with Gasteiger partial charge in [0.25, 0.3) is 5.91 Å². The number of rotatable bonds is 4. The maximum atomic E-state index is 13.9. The molecule has 1 fully saturated rings. The number of ether oxygens (including phenoxy) is 2. The van der Waals surface area contributed by atoms with E-state index in [2.05, 4.69) is 0 Å². The minimum atomic E-state index is -1.54. The van der Waals surface area contributed by atoms with Gasteiger partial charge < -0.3 is 19.5 Å². The van der Waals surface area contributed by atoms with Crippen LogP contribution in [0.25, 0.3) is 0 Å². The Balaban J connectivity index is 1.99. The summed E-state index contributed by atoms with van der Waals surface area (Å²) < 4.78 is 12.2. The first kappa shape index (κ1) is 26.4. The molecule has 4 rings (SSSR count). The van der Waals surface area contributed by atoms with Crippen LogP contribution in [0.3, 0.4) is 0 Å². The van der Waals surface area contributed by atoms with E-state index in [1.807, 2.05) is 6.07 Å². The highest BCUT2D eigenvalue weighted by molar-refractivity contribution is 6.14. The molecule has 10 nitrogen and oxygen atoms in total. The van der Waals surface area contributed by atoms with Crippen molar-refractivity contribution >= 4 is 29.5 Å². The summed E-state index contributed by atoms with van der Waals surface area (Å²) in [6.07, 6.45) is 0.350. The minimum Gasteiger partial charge on any atom is -0.462 e. The van der Waals surface area contributed by atoms with Gasteiger partial charge in [-0.05, 0) is 53.9 Å². The fourth-order valence-corrected chi connectivity index (χ4v) is 4.65. The van der Waals surface area contributed by atoms with Crippen molar-refractivity contribution in [2.75, 3.05) is 24.7 Å². The standard InChI is InChI=1S/C27H34N4O6/c1-6-36-25(34)19-17(2)30-22(20(19)23(32)29-15-11-8-12-16-29)28-21(18-13-9-7-10-14-18)24(33)31(30)26(35)37-27(3,4)5/h7,9-10,13-14,24,33H,6,8,11-12,15-16H2,1-5H3. The van der Waals surface area contributed by atoms with Crippen molar-refractivity contribution in [2.24, 2.45) is 4.99 Å². The lowest BCUT2D eigenvalue weighted by molar-refractivity contribution is 0.0443. The zero-order valence-corrected chi connectivity index (χ0v) is 22.0. The highest BCUT2D eigenvalue weighted by Gasteiger charge is 2.43. The fourth-order valence-electron chi connectivity index (χ4n) is 4.65. The minimum absolute atomic E-state index is 0.0197. The summed E-state index contributed by atoms with van der Waals surface area (Å²) in [5.41, 5.74) is 0.158. The molecule has 2 amide bonds. The topological polar surface area (TPSA) is 114 Å². The molecule has 2 aromatic rings. The van der Waals surface area contributed by atoms with Gasteiger partial charge in [-0.1, -0.05) is 30.3 Å². The Hall–Kier alpha value is -3.66. The Labute approximate surface area is 216 Å². The number of hydrogen-bond acceptors (Lipinski definition) is 7. The molecule has 1 aromatic heterocycles. The number of esters is 1. The number of fused-ring (bicyclic) bond motifs is 1. The van der Waals surface area contributed by atoms with E-state index in [4.69, 9.17) is 14.5 Å². The largest absolute Gasteiger partial charge is 0.462 e. The Morgan fingerprint density at radius 1 is 1.05 bits per heavy atom. The smallest absolute Gasteiger partial charge is 0.432 e. The second kappa shape index (κ2) is 10.4. The van der Waals surface area contributed by atoms with Crippen LogP contribution in [0, 0.1) is 6.92 Å². The Morgan fingerprint density at radius 3 is 2.30 bits per heavy atom. The number of aromatic nitrogens is 1. The van der Waals surface area contributed by atoms with Crippen LogP contribution >= 0.6 is 0 Å². The molecule has 1 N–H and O–H groups in total. The highest BCUT2D eigenvalue weighted by atomic mass is 16.6. The van der Waals surface area contributed by atoms with Gasteiger partial charge in [-0.3, -0.25) is 4.79 Å². The number of hydrogen-bond donors (Lipinski definition) is 1. The molecule has 1 unspecified atom stereocenters. The van der Waals surface area contributed by atoms with Crippen LogP contribution in [0.4, 0.5) is 10.6 Å². The van der Waals surface area contributed by atoms with Gasteiger partial charge in [0.2, 0.25) is 0 Å². The molecule has 1 saturated heterocycles. The van der Waals surface area contributed by atoms with Gasteiger partial charge in [-0.2, -0.15) is 5.01 Å². The monoisotopic (exact) mass is 510 g/mol. The molecule has 2 aliphatic heterocycles. The van der Waals surface area contributed by atoms with Crippen molar-refractivity contribution in [2.45, 2.75) is 65.7 Å². The van der Waals surface area contributed by atoms with Crippen LogP contribution in [0.15, 0.2) is 35.3 Å². The lowest BCUT2D eigenvalue weighted by atomic mass is 10.1. The fraction of sp³-hybridized carbons (Fsp3) is 0.481. The van der Waals surface area contributed by atoms with E-state index in [1.165, 1.54) is 4.68 Å². The van der Waals surface area contributed by atoms with Crippen LogP contribution < -0.4 is 5.01 Å². The summed E-state index contributed by atoms with van der Waals surface area (Å²) in [4.78, 5) is 46.9. The Morgan fingerprint density at radius 2 is 1.70 bits per heavy atom. The molecule has 10 heteroatoms. The molecular formula is C27H34N4O6. The van der Waals surface area contributed by atoms with Crippen molar-refractivity contribution in [3.8, 4) is 0 Å². The van der Waals surface area contributed by atoms with Crippen molar-refractivity contribution < 1.29 is 29.0 Å². The van der Waals surface area contributed by atoms with Gasteiger partial charge in [0.1, 0.15) is 16.9 Å². The first-order chi connectivity index (χ1) is 17.5. The van der Waals surface area contributed by atoms with Crippen molar-refractivity contribution in [3.05, 3.63) is 52.7 Å². The predicted molar refractivity (Wildman–Crippen MR) is 138 cm³/mol. The molecule has 0 bridgehead atoms. The molecule has 1 aromatic carbocycles. The maximum Gasteiger partial charge on any atom is 0.432 e. The van der Waals surface area contributed by atoms with Gasteiger partial charge in [0.15, 0.2) is 12.0 Å². The zero-order valence-electron chi connectivity index (χ0n) is 22.0. The number of aliphatic hydroxyl groups is 1. The van der Waals surface area contributed by atoms with Crippen LogP contribution in [-0.4, -0.2) is 69.9 Å². The zero-order chi connectivity index (χ0) is 26.9. The molecule has 2 aliphatic rings.